The number of hydrogen-bond donors (Lipinski definition) is 1. The van der Waals surface area contributed by atoms with Crippen molar-refractivity contribution in [3.8, 4) is 11.1 Å². The van der Waals surface area contributed by atoms with Crippen LogP contribution < -0.4 is 10.9 Å². The summed E-state index contributed by atoms with van der Waals surface area (Å²) in [6.07, 6.45) is 2.83. The number of nitrogens with one attached hydrogen (secondary N) is 1. The Morgan fingerprint density at radius 3 is 2.70 bits per heavy atom. The summed E-state index contributed by atoms with van der Waals surface area (Å²) in [5.41, 5.74) is 1.51. The monoisotopic (exact) mass is 396 g/mol. The molecule has 3 aromatic heterocycles. The number of nitrogens with zero attached hydrogens (tertiary/aromatic N) is 3. The normalized spacial score (nSPS) is 10.9. The zero-order chi connectivity index (χ0) is 18.8. The lowest BCUT2D eigenvalue weighted by Crippen LogP contribution is -2.28. The van der Waals surface area contributed by atoms with Gasteiger partial charge in [-0.2, -0.15) is 0 Å². The predicted octanol–water partition coefficient (Wildman–Crippen LogP) is 3.81. The first-order chi connectivity index (χ1) is 13.1. The Morgan fingerprint density at radius 1 is 1.15 bits per heavy atom. The summed E-state index contributed by atoms with van der Waals surface area (Å²) in [4.78, 5) is 34.2. The van der Waals surface area contributed by atoms with Gasteiger partial charge in [0.2, 0.25) is 5.91 Å². The van der Waals surface area contributed by atoms with Gasteiger partial charge in [0.15, 0.2) is 0 Å². The number of rotatable bonds is 4. The number of halogens is 1. The Morgan fingerprint density at radius 2 is 1.96 bits per heavy atom. The van der Waals surface area contributed by atoms with Crippen LogP contribution in [0.15, 0.2) is 65.2 Å². The smallest absolute Gasteiger partial charge is 0.263 e. The van der Waals surface area contributed by atoms with Crippen molar-refractivity contribution >= 4 is 44.9 Å². The molecular formula is C19H13ClN4O2S. The van der Waals surface area contributed by atoms with Gasteiger partial charge < -0.3 is 5.32 Å². The molecule has 0 aliphatic rings. The maximum atomic E-state index is 12.9. The molecule has 0 bridgehead atoms. The van der Waals surface area contributed by atoms with Gasteiger partial charge in [0.05, 0.1) is 16.7 Å². The molecule has 0 saturated carbocycles. The topological polar surface area (TPSA) is 76.9 Å². The van der Waals surface area contributed by atoms with Gasteiger partial charge in [-0.1, -0.05) is 41.9 Å². The second-order valence-electron chi connectivity index (χ2n) is 5.78. The minimum Gasteiger partial charge on any atom is -0.309 e. The number of benzene rings is 1. The fraction of sp³-hybridized carbons (Fsp3) is 0.0526. The number of fused-ring (bicyclic) bond motifs is 1. The van der Waals surface area contributed by atoms with Crippen molar-refractivity contribution < 1.29 is 4.79 Å². The van der Waals surface area contributed by atoms with E-state index in [4.69, 9.17) is 11.6 Å². The van der Waals surface area contributed by atoms with Crippen LogP contribution in [0.4, 0.5) is 5.82 Å². The van der Waals surface area contributed by atoms with Crippen LogP contribution >= 0.6 is 22.9 Å². The lowest BCUT2D eigenvalue weighted by Gasteiger charge is -2.07. The summed E-state index contributed by atoms with van der Waals surface area (Å²) in [5, 5.41) is 5.55. The highest BCUT2D eigenvalue weighted by atomic mass is 35.5. The van der Waals surface area contributed by atoms with Gasteiger partial charge in [0.1, 0.15) is 17.2 Å². The average Bonchev–Trinajstić information content (AvgIpc) is 3.11. The molecule has 1 aromatic carbocycles. The maximum absolute atomic E-state index is 12.9. The van der Waals surface area contributed by atoms with E-state index in [1.54, 1.807) is 12.1 Å². The van der Waals surface area contributed by atoms with Crippen molar-refractivity contribution in [3.63, 3.8) is 0 Å². The van der Waals surface area contributed by atoms with Crippen molar-refractivity contribution in [1.29, 1.82) is 0 Å². The third-order valence-electron chi connectivity index (χ3n) is 3.95. The molecule has 8 heteroatoms. The summed E-state index contributed by atoms with van der Waals surface area (Å²) in [5.74, 6) is -0.00319. The van der Waals surface area contributed by atoms with Crippen LogP contribution in [-0.2, 0) is 11.3 Å². The highest BCUT2D eigenvalue weighted by Crippen LogP contribution is 2.30. The van der Waals surface area contributed by atoms with Crippen molar-refractivity contribution in [3.05, 3.63) is 75.7 Å². The van der Waals surface area contributed by atoms with E-state index in [2.05, 4.69) is 15.3 Å². The van der Waals surface area contributed by atoms with Crippen molar-refractivity contribution in [2.45, 2.75) is 6.54 Å². The number of thiophene rings is 1. The summed E-state index contributed by atoms with van der Waals surface area (Å²) in [6, 6.07) is 12.9. The minimum atomic E-state index is -0.371. The third kappa shape index (κ3) is 3.60. The SMILES string of the molecule is O=C(Cn1cnc2scc(-c3ccccc3)c2c1=O)Nc1ccc(Cl)cn1. The molecule has 27 heavy (non-hydrogen) atoms. The average molecular weight is 397 g/mol. The first kappa shape index (κ1) is 17.4. The standard InChI is InChI=1S/C19H13ClN4O2S/c20-13-6-7-15(21-8-13)23-16(25)9-24-11-22-18-17(19(24)26)14(10-27-18)12-4-2-1-3-5-12/h1-8,10-11H,9H2,(H,21,23,25). The van der Waals surface area contributed by atoms with E-state index in [9.17, 15) is 9.59 Å². The lowest BCUT2D eigenvalue weighted by molar-refractivity contribution is -0.116. The van der Waals surface area contributed by atoms with E-state index in [0.29, 0.717) is 21.1 Å². The molecule has 4 aromatic rings. The molecule has 4 rings (SSSR count). The quantitative estimate of drug-likeness (QED) is 0.569. The van der Waals surface area contributed by atoms with Gasteiger partial charge in [-0.15, -0.1) is 11.3 Å². The molecule has 6 nitrogen and oxygen atoms in total. The largest absolute Gasteiger partial charge is 0.309 e. The molecule has 3 heterocycles. The molecule has 0 spiro atoms. The molecule has 1 amide bonds. The second kappa shape index (κ2) is 7.30. The Balaban J connectivity index is 1.64. The number of amides is 1. The molecule has 0 radical (unpaired) electrons. The van der Waals surface area contributed by atoms with Gasteiger partial charge >= 0.3 is 0 Å². The number of carbonyl (C=O) groups excluding carboxylic acids is 1. The molecule has 0 aliphatic heterocycles. The first-order valence-electron chi connectivity index (χ1n) is 8.05. The van der Waals surface area contributed by atoms with Crippen LogP contribution in [0.2, 0.25) is 5.02 Å². The number of hydrogen-bond acceptors (Lipinski definition) is 5. The fourth-order valence-electron chi connectivity index (χ4n) is 2.70. The number of pyridine rings is 1. The molecular weight excluding hydrogens is 384 g/mol. The van der Waals surface area contributed by atoms with E-state index in [0.717, 1.165) is 11.1 Å². The van der Waals surface area contributed by atoms with Crippen LogP contribution in [0.25, 0.3) is 21.3 Å². The van der Waals surface area contributed by atoms with E-state index in [-0.39, 0.29) is 18.0 Å². The second-order valence-corrected chi connectivity index (χ2v) is 7.08. The Labute approximate surface area is 163 Å². The van der Waals surface area contributed by atoms with Crippen LogP contribution in [0, 0.1) is 0 Å². The highest BCUT2D eigenvalue weighted by Gasteiger charge is 2.14. The molecule has 1 N–H and O–H groups in total. The van der Waals surface area contributed by atoms with Crippen LogP contribution in [0.5, 0.6) is 0 Å². The summed E-state index contributed by atoms with van der Waals surface area (Å²) >= 11 is 7.19. The molecule has 134 valence electrons. The number of aromatic nitrogens is 3. The van der Waals surface area contributed by atoms with E-state index >= 15 is 0 Å². The molecule has 0 atom stereocenters. The van der Waals surface area contributed by atoms with E-state index < -0.39 is 0 Å². The highest BCUT2D eigenvalue weighted by molar-refractivity contribution is 7.17. The van der Waals surface area contributed by atoms with Crippen LogP contribution in [-0.4, -0.2) is 20.4 Å². The van der Waals surface area contributed by atoms with Gasteiger partial charge in [-0.25, -0.2) is 9.97 Å². The zero-order valence-electron chi connectivity index (χ0n) is 13.9. The van der Waals surface area contributed by atoms with Crippen LogP contribution in [0.3, 0.4) is 0 Å². The van der Waals surface area contributed by atoms with Crippen molar-refractivity contribution in [2.75, 3.05) is 5.32 Å². The Hall–Kier alpha value is -3.03. The first-order valence-corrected chi connectivity index (χ1v) is 9.31. The Kier molecular flexibility index (Phi) is 4.70. The predicted molar refractivity (Wildman–Crippen MR) is 107 cm³/mol. The summed E-state index contributed by atoms with van der Waals surface area (Å²) in [7, 11) is 0. The molecule has 0 saturated heterocycles. The van der Waals surface area contributed by atoms with Crippen molar-refractivity contribution in [1.82, 2.24) is 14.5 Å². The maximum Gasteiger partial charge on any atom is 0.263 e. The van der Waals surface area contributed by atoms with E-state index in [1.807, 2.05) is 35.7 Å². The molecule has 0 unspecified atom stereocenters. The Bertz CT molecular complexity index is 1170. The van der Waals surface area contributed by atoms with Gasteiger partial charge in [0, 0.05) is 17.1 Å². The van der Waals surface area contributed by atoms with Gasteiger partial charge in [0.25, 0.3) is 5.56 Å². The fourth-order valence-corrected chi connectivity index (χ4v) is 3.72. The third-order valence-corrected chi connectivity index (χ3v) is 5.06. The van der Waals surface area contributed by atoms with Crippen molar-refractivity contribution in [2.24, 2.45) is 0 Å². The number of carbonyl (C=O) groups is 1. The molecule has 0 fully saturated rings. The summed E-state index contributed by atoms with van der Waals surface area (Å²) < 4.78 is 1.30. The lowest BCUT2D eigenvalue weighted by atomic mass is 10.1. The van der Waals surface area contributed by atoms with E-state index in [1.165, 1.54) is 28.4 Å². The van der Waals surface area contributed by atoms with Gasteiger partial charge in [-0.3, -0.25) is 14.2 Å². The van der Waals surface area contributed by atoms with Crippen LogP contribution in [0.1, 0.15) is 0 Å². The minimum absolute atomic E-state index is 0.157. The summed E-state index contributed by atoms with van der Waals surface area (Å²) in [6.45, 7) is -0.157. The zero-order valence-corrected chi connectivity index (χ0v) is 15.5. The van der Waals surface area contributed by atoms with Gasteiger partial charge in [-0.05, 0) is 17.7 Å². The molecule has 0 aliphatic carbocycles. The number of anilines is 1.